The smallest absolute Gasteiger partial charge is 0.0635 e. The maximum Gasteiger partial charge on any atom is 0.0635 e. The molecule has 112 valence electrons. The highest BCUT2D eigenvalue weighted by Gasteiger charge is 2.29. The normalized spacial score (nSPS) is 12.1. The second kappa shape index (κ2) is 10.6. The van der Waals surface area contributed by atoms with Gasteiger partial charge in [-0.1, -0.05) is 40.5 Å². The monoisotopic (exact) mass is 284 g/mol. The van der Waals surface area contributed by atoms with Crippen LogP contribution in [0.2, 0.25) is 0 Å². The average molecular weight is 285 g/mol. The van der Waals surface area contributed by atoms with E-state index in [0.717, 1.165) is 25.4 Å². The van der Waals surface area contributed by atoms with E-state index in [2.05, 4.69) is 51.3 Å². The molecule has 0 aromatic rings. The van der Waals surface area contributed by atoms with Gasteiger partial charge in [0.25, 0.3) is 0 Å². The Morgan fingerprint density at radius 2 is 1.79 bits per heavy atom. The molecule has 0 bridgehead atoms. The third kappa shape index (κ3) is 7.84. The topological polar surface area (TPSA) is 27.0 Å². The minimum atomic E-state index is 0.330. The molecule has 2 nitrogen and oxygen atoms in total. The number of hydrogen-bond acceptors (Lipinski definition) is 3. The molecule has 0 aromatic heterocycles. The van der Waals surface area contributed by atoms with Gasteiger partial charge < -0.3 is 4.90 Å². The van der Waals surface area contributed by atoms with E-state index in [1.807, 2.05) is 0 Å². The minimum absolute atomic E-state index is 0.330. The van der Waals surface area contributed by atoms with E-state index in [-0.39, 0.29) is 0 Å². The van der Waals surface area contributed by atoms with Crippen LogP contribution in [0.1, 0.15) is 59.8 Å². The van der Waals surface area contributed by atoms with Gasteiger partial charge in [0, 0.05) is 26.1 Å². The summed E-state index contributed by atoms with van der Waals surface area (Å²) in [6, 6.07) is 2.28. The van der Waals surface area contributed by atoms with Crippen LogP contribution in [0.25, 0.3) is 0 Å². The van der Waals surface area contributed by atoms with Crippen molar-refractivity contribution in [2.75, 3.05) is 25.4 Å². The molecule has 0 aliphatic heterocycles. The molecule has 0 amide bonds. The van der Waals surface area contributed by atoms with Gasteiger partial charge in [0.15, 0.2) is 0 Å². The van der Waals surface area contributed by atoms with Crippen LogP contribution in [-0.4, -0.2) is 30.3 Å². The van der Waals surface area contributed by atoms with Gasteiger partial charge >= 0.3 is 0 Å². The summed E-state index contributed by atoms with van der Waals surface area (Å²) in [5.74, 6) is 1.61. The van der Waals surface area contributed by atoms with Gasteiger partial charge in [0.05, 0.1) is 6.07 Å². The molecule has 0 atom stereocenters. The molecule has 0 heterocycles. The summed E-state index contributed by atoms with van der Waals surface area (Å²) in [5, 5.41) is 8.82. The van der Waals surface area contributed by atoms with Crippen molar-refractivity contribution in [1.29, 1.82) is 5.26 Å². The lowest BCUT2D eigenvalue weighted by Gasteiger charge is -2.38. The standard InChI is InChI=1S/C16H32N2S/c1-5-8-16(14-19,9-6-2)13-18(11-7-10-17)12-15(3)4/h15,19H,5-9,11-14H2,1-4H3. The molecule has 0 fully saturated rings. The number of nitriles is 1. The van der Waals surface area contributed by atoms with Crippen molar-refractivity contribution < 1.29 is 0 Å². The summed E-state index contributed by atoms with van der Waals surface area (Å²) in [6.07, 6.45) is 5.55. The molecule has 0 aliphatic carbocycles. The Morgan fingerprint density at radius 1 is 1.21 bits per heavy atom. The van der Waals surface area contributed by atoms with Crippen LogP contribution < -0.4 is 0 Å². The highest BCUT2D eigenvalue weighted by atomic mass is 32.1. The first-order valence-corrected chi connectivity index (χ1v) is 8.37. The summed E-state index contributed by atoms with van der Waals surface area (Å²) >= 11 is 4.63. The summed E-state index contributed by atoms with van der Waals surface area (Å²) < 4.78 is 0. The zero-order valence-electron chi connectivity index (χ0n) is 13.3. The molecule has 19 heavy (non-hydrogen) atoms. The number of hydrogen-bond donors (Lipinski definition) is 1. The van der Waals surface area contributed by atoms with E-state index in [0.29, 0.717) is 17.8 Å². The Morgan fingerprint density at radius 3 is 2.16 bits per heavy atom. The maximum atomic E-state index is 8.82. The van der Waals surface area contributed by atoms with Crippen molar-refractivity contribution >= 4 is 12.6 Å². The van der Waals surface area contributed by atoms with Crippen molar-refractivity contribution in [3.63, 3.8) is 0 Å². The predicted octanol–water partition coefficient (Wildman–Crippen LogP) is 4.37. The summed E-state index contributed by atoms with van der Waals surface area (Å²) in [6.45, 7) is 12.1. The fourth-order valence-electron chi connectivity index (χ4n) is 2.99. The Bertz CT molecular complexity index is 252. The largest absolute Gasteiger partial charge is 0.301 e. The van der Waals surface area contributed by atoms with E-state index < -0.39 is 0 Å². The van der Waals surface area contributed by atoms with Gasteiger partial charge in [-0.15, -0.1) is 0 Å². The molecule has 0 radical (unpaired) electrons. The molecule has 3 heteroatoms. The lowest BCUT2D eigenvalue weighted by Crippen LogP contribution is -2.41. The molecule has 0 saturated carbocycles. The SMILES string of the molecule is CCCC(CS)(CCC)CN(CCC#N)CC(C)C. The van der Waals surface area contributed by atoms with Gasteiger partial charge in [-0.05, 0) is 29.9 Å². The lowest BCUT2D eigenvalue weighted by molar-refractivity contribution is 0.137. The summed E-state index contributed by atoms with van der Waals surface area (Å²) in [7, 11) is 0. The van der Waals surface area contributed by atoms with E-state index >= 15 is 0 Å². The fraction of sp³-hybridized carbons (Fsp3) is 0.938. The highest BCUT2D eigenvalue weighted by molar-refractivity contribution is 7.80. The fourth-order valence-corrected chi connectivity index (χ4v) is 3.40. The maximum absolute atomic E-state index is 8.82. The molecule has 0 saturated heterocycles. The second-order valence-corrected chi connectivity index (χ2v) is 6.51. The first-order chi connectivity index (χ1) is 9.03. The average Bonchev–Trinajstić information content (AvgIpc) is 2.35. The van der Waals surface area contributed by atoms with E-state index in [9.17, 15) is 0 Å². The van der Waals surface area contributed by atoms with E-state index in [1.54, 1.807) is 0 Å². The molecule has 0 N–H and O–H groups in total. The van der Waals surface area contributed by atoms with Gasteiger partial charge in [-0.3, -0.25) is 0 Å². The second-order valence-electron chi connectivity index (χ2n) is 6.20. The Balaban J connectivity index is 4.73. The van der Waals surface area contributed by atoms with Gasteiger partial charge in [-0.2, -0.15) is 17.9 Å². The number of rotatable bonds is 11. The first-order valence-electron chi connectivity index (χ1n) is 7.73. The van der Waals surface area contributed by atoms with Gasteiger partial charge in [0.2, 0.25) is 0 Å². The Hall–Kier alpha value is -0.200. The molecule has 0 unspecified atom stereocenters. The van der Waals surface area contributed by atoms with Crippen LogP contribution in [-0.2, 0) is 0 Å². The molecule has 0 aromatic carbocycles. The van der Waals surface area contributed by atoms with Crippen molar-refractivity contribution in [2.24, 2.45) is 11.3 Å². The van der Waals surface area contributed by atoms with Crippen molar-refractivity contribution in [3.05, 3.63) is 0 Å². The van der Waals surface area contributed by atoms with Gasteiger partial charge in [-0.25, -0.2) is 0 Å². The van der Waals surface area contributed by atoms with Crippen molar-refractivity contribution in [2.45, 2.75) is 59.8 Å². The van der Waals surface area contributed by atoms with Crippen LogP contribution in [0.3, 0.4) is 0 Å². The molecular weight excluding hydrogens is 252 g/mol. The minimum Gasteiger partial charge on any atom is -0.301 e. The Kier molecular flexibility index (Phi) is 10.5. The van der Waals surface area contributed by atoms with Crippen LogP contribution in [0.5, 0.6) is 0 Å². The third-order valence-electron chi connectivity index (χ3n) is 3.62. The van der Waals surface area contributed by atoms with Crippen molar-refractivity contribution in [3.8, 4) is 6.07 Å². The van der Waals surface area contributed by atoms with Crippen LogP contribution >= 0.6 is 12.6 Å². The predicted molar refractivity (Wildman–Crippen MR) is 87.6 cm³/mol. The van der Waals surface area contributed by atoms with E-state index in [4.69, 9.17) is 5.26 Å². The van der Waals surface area contributed by atoms with Crippen LogP contribution in [0.15, 0.2) is 0 Å². The summed E-state index contributed by atoms with van der Waals surface area (Å²) in [5.41, 5.74) is 0.330. The number of thiol groups is 1. The molecule has 0 aliphatic rings. The Labute approximate surface area is 126 Å². The molecule has 0 spiro atoms. The van der Waals surface area contributed by atoms with Crippen molar-refractivity contribution in [1.82, 2.24) is 4.90 Å². The van der Waals surface area contributed by atoms with Gasteiger partial charge in [0.1, 0.15) is 0 Å². The lowest BCUT2D eigenvalue weighted by atomic mass is 9.80. The molecule has 0 rings (SSSR count). The third-order valence-corrected chi connectivity index (χ3v) is 4.29. The van der Waals surface area contributed by atoms with Crippen LogP contribution in [0, 0.1) is 22.7 Å². The number of nitrogens with zero attached hydrogens (tertiary/aromatic N) is 2. The zero-order chi connectivity index (χ0) is 14.7. The van der Waals surface area contributed by atoms with E-state index in [1.165, 1.54) is 25.7 Å². The van der Waals surface area contributed by atoms with Crippen LogP contribution in [0.4, 0.5) is 0 Å². The first kappa shape index (κ1) is 18.8. The summed E-state index contributed by atoms with van der Waals surface area (Å²) in [4.78, 5) is 2.48. The molecular formula is C16H32N2S. The quantitative estimate of drug-likeness (QED) is 0.570. The zero-order valence-corrected chi connectivity index (χ0v) is 14.2. The highest BCUT2D eigenvalue weighted by Crippen LogP contribution is 2.32.